The normalized spacial score (nSPS) is 10.7. The van der Waals surface area contributed by atoms with Crippen LogP contribution in [0.15, 0.2) is 24.7 Å². The van der Waals surface area contributed by atoms with Crippen molar-refractivity contribution >= 4 is 29.1 Å². The molecule has 0 aliphatic rings. The van der Waals surface area contributed by atoms with Gasteiger partial charge in [0.1, 0.15) is 0 Å². The van der Waals surface area contributed by atoms with Gasteiger partial charge in [0.2, 0.25) is 0 Å². The largest absolute Gasteiger partial charge is 0.433 e. The summed E-state index contributed by atoms with van der Waals surface area (Å²) in [5.41, 5.74) is 2.79. The van der Waals surface area contributed by atoms with E-state index in [1.165, 1.54) is 12.4 Å². The summed E-state index contributed by atoms with van der Waals surface area (Å²) < 4.78 is 35.9. The number of nitrogens with one attached hydrogen (secondary N) is 1. The number of amides is 1. The van der Waals surface area contributed by atoms with E-state index in [9.17, 15) is 18.0 Å². The number of aromatic amines is 1. The van der Waals surface area contributed by atoms with Gasteiger partial charge in [-0.3, -0.25) is 14.9 Å². The Hall–Kier alpha value is -1.80. The zero-order valence-corrected chi connectivity index (χ0v) is 11.1. The number of halogens is 5. The summed E-state index contributed by atoms with van der Waals surface area (Å²) in [7, 11) is 0. The third-order valence-electron chi connectivity index (χ3n) is 1.86. The van der Waals surface area contributed by atoms with E-state index in [4.69, 9.17) is 23.2 Å². The highest BCUT2D eigenvalue weighted by Gasteiger charge is 2.36. The molecular weight excluding hydrogens is 320 g/mol. The summed E-state index contributed by atoms with van der Waals surface area (Å²) in [6, 6.07) is 1.64. The van der Waals surface area contributed by atoms with Crippen molar-refractivity contribution in [3.63, 3.8) is 0 Å². The molecule has 0 aromatic carbocycles. The highest BCUT2D eigenvalue weighted by Crippen LogP contribution is 2.29. The molecule has 3 N–H and O–H groups in total. The van der Waals surface area contributed by atoms with E-state index < -0.39 is 23.3 Å². The van der Waals surface area contributed by atoms with E-state index in [2.05, 4.69) is 15.8 Å². The van der Waals surface area contributed by atoms with Crippen molar-refractivity contribution in [3.8, 4) is 0 Å². The summed E-state index contributed by atoms with van der Waals surface area (Å²) in [4.78, 5) is 14.1. The Morgan fingerprint density at radius 1 is 1.20 bits per heavy atom. The van der Waals surface area contributed by atoms with E-state index >= 15 is 0 Å². The number of carbonyl (C=O) groups is 1. The number of hydrogen-bond donors (Lipinski definition) is 2. The molecule has 0 bridgehead atoms. The molecule has 108 valence electrons. The van der Waals surface area contributed by atoms with Crippen LogP contribution in [-0.4, -0.2) is 21.1 Å². The van der Waals surface area contributed by atoms with Gasteiger partial charge >= 0.3 is 6.18 Å². The minimum atomic E-state index is -4.62. The van der Waals surface area contributed by atoms with Crippen LogP contribution >= 0.6 is 23.2 Å². The number of aromatic nitrogens is 3. The van der Waals surface area contributed by atoms with Gasteiger partial charge in [0.25, 0.3) is 5.91 Å². The van der Waals surface area contributed by atoms with E-state index in [1.807, 2.05) is 0 Å². The molecule has 0 atom stereocenters. The Morgan fingerprint density at radius 2 is 1.75 bits per heavy atom. The summed E-state index contributed by atoms with van der Waals surface area (Å²) in [6.07, 6.45) is -0.813. The van der Waals surface area contributed by atoms with Crippen molar-refractivity contribution in [1.82, 2.24) is 15.2 Å². The van der Waals surface area contributed by atoms with Crippen LogP contribution in [0.4, 0.5) is 13.2 Å². The van der Waals surface area contributed by atoms with Gasteiger partial charge in [-0.2, -0.15) is 18.3 Å². The topological polar surface area (TPSA) is 84.7 Å². The predicted molar refractivity (Wildman–Crippen MR) is 66.4 cm³/mol. The van der Waals surface area contributed by atoms with E-state index in [1.54, 1.807) is 11.2 Å². The van der Waals surface area contributed by atoms with Crippen LogP contribution in [0.5, 0.6) is 0 Å². The Kier molecular flexibility index (Phi) is 5.34. The van der Waals surface area contributed by atoms with Gasteiger partial charge in [0.15, 0.2) is 5.69 Å². The minimum absolute atomic E-state index is 0.567. The van der Waals surface area contributed by atoms with E-state index in [0.717, 1.165) is 6.20 Å². The fourth-order valence-corrected chi connectivity index (χ4v) is 1.48. The lowest BCUT2D eigenvalue weighted by Gasteiger charge is -2.03. The van der Waals surface area contributed by atoms with Gasteiger partial charge in [0.05, 0.1) is 21.8 Å². The third kappa shape index (κ3) is 4.71. The number of carbonyl (C=O) groups excluding carboxylic acids is 1. The monoisotopic (exact) mass is 326 g/mol. The average molecular weight is 327 g/mol. The van der Waals surface area contributed by atoms with Crippen molar-refractivity contribution in [2.24, 2.45) is 5.73 Å². The quantitative estimate of drug-likeness (QED) is 0.844. The minimum Gasteiger partial charge on any atom is -0.365 e. The molecule has 0 saturated heterocycles. The Balaban J connectivity index is 0.000000217. The van der Waals surface area contributed by atoms with Gasteiger partial charge < -0.3 is 5.73 Å². The number of alkyl halides is 3. The zero-order valence-electron chi connectivity index (χ0n) is 9.58. The van der Waals surface area contributed by atoms with E-state index in [-0.39, 0.29) is 0 Å². The molecule has 2 heterocycles. The first kappa shape index (κ1) is 16.3. The number of nitrogens with two attached hydrogens (primary N) is 1. The standard InChI is InChI=1S/C5H3Cl2N.C5H4F3N3O/c6-4-1-5(7)3-8-2-4;6-5(7,8)3-2(4(9)12)1-10-11-3/h1-3H;1H,(H2,9,12)(H,10,11). The molecule has 0 spiro atoms. The van der Waals surface area contributed by atoms with Gasteiger partial charge in [-0.15, -0.1) is 0 Å². The summed E-state index contributed by atoms with van der Waals surface area (Å²) in [6.45, 7) is 0. The predicted octanol–water partition coefficient (Wildman–Crippen LogP) is 2.92. The molecular formula is C10H7Cl2F3N4O. The zero-order chi connectivity index (χ0) is 15.3. The van der Waals surface area contributed by atoms with Crippen LogP contribution in [0.2, 0.25) is 10.0 Å². The Morgan fingerprint density at radius 3 is 2.05 bits per heavy atom. The lowest BCUT2D eigenvalue weighted by molar-refractivity contribution is -0.141. The van der Waals surface area contributed by atoms with Crippen molar-refractivity contribution in [3.05, 3.63) is 46.0 Å². The lowest BCUT2D eigenvalue weighted by atomic mass is 10.2. The number of nitrogens with zero attached hydrogens (tertiary/aromatic N) is 2. The molecule has 2 aromatic rings. The highest BCUT2D eigenvalue weighted by molar-refractivity contribution is 6.34. The SMILES string of the molecule is Clc1cncc(Cl)c1.NC(=O)c1cn[nH]c1C(F)(F)F. The fraction of sp³-hybridized carbons (Fsp3) is 0.100. The Labute approximate surface area is 120 Å². The molecule has 0 unspecified atom stereocenters. The molecule has 10 heteroatoms. The first-order valence-electron chi connectivity index (χ1n) is 4.88. The van der Waals surface area contributed by atoms with E-state index in [0.29, 0.717) is 10.0 Å². The molecule has 0 aliphatic carbocycles. The molecule has 0 fully saturated rings. The summed E-state index contributed by atoms with van der Waals surface area (Å²) in [5.74, 6) is -1.16. The second-order valence-corrected chi connectivity index (χ2v) is 4.21. The maximum atomic E-state index is 12.0. The molecule has 0 saturated carbocycles. The second kappa shape index (κ2) is 6.58. The second-order valence-electron chi connectivity index (χ2n) is 3.34. The number of primary amides is 1. The van der Waals surface area contributed by atoms with Crippen LogP contribution in [-0.2, 0) is 6.18 Å². The first-order valence-corrected chi connectivity index (χ1v) is 5.64. The van der Waals surface area contributed by atoms with Gasteiger partial charge in [0, 0.05) is 12.4 Å². The lowest BCUT2D eigenvalue weighted by Crippen LogP contribution is -2.17. The molecule has 0 radical (unpaired) electrons. The first-order chi connectivity index (χ1) is 9.21. The average Bonchev–Trinajstić information content (AvgIpc) is 2.77. The van der Waals surface area contributed by atoms with Crippen molar-refractivity contribution in [2.45, 2.75) is 6.18 Å². The van der Waals surface area contributed by atoms with Crippen molar-refractivity contribution < 1.29 is 18.0 Å². The number of rotatable bonds is 1. The van der Waals surface area contributed by atoms with Crippen LogP contribution in [0, 0.1) is 0 Å². The number of H-pyrrole nitrogens is 1. The van der Waals surface area contributed by atoms with Gasteiger partial charge in [-0.1, -0.05) is 23.2 Å². The van der Waals surface area contributed by atoms with Crippen molar-refractivity contribution in [1.29, 1.82) is 0 Å². The molecule has 20 heavy (non-hydrogen) atoms. The van der Waals surface area contributed by atoms with Gasteiger partial charge in [-0.25, -0.2) is 0 Å². The maximum Gasteiger partial charge on any atom is 0.433 e. The van der Waals surface area contributed by atoms with Crippen LogP contribution < -0.4 is 5.73 Å². The Bertz CT molecular complexity index is 583. The van der Waals surface area contributed by atoms with Crippen LogP contribution in [0.3, 0.4) is 0 Å². The third-order valence-corrected chi connectivity index (χ3v) is 2.27. The molecule has 2 rings (SSSR count). The number of hydrogen-bond acceptors (Lipinski definition) is 3. The fourth-order valence-electron chi connectivity index (χ4n) is 1.07. The highest BCUT2D eigenvalue weighted by atomic mass is 35.5. The maximum absolute atomic E-state index is 12.0. The molecule has 1 amide bonds. The molecule has 0 aliphatic heterocycles. The van der Waals surface area contributed by atoms with Gasteiger partial charge in [-0.05, 0) is 6.07 Å². The molecule has 2 aromatic heterocycles. The summed E-state index contributed by atoms with van der Waals surface area (Å²) in [5, 5.41) is 5.85. The molecule has 5 nitrogen and oxygen atoms in total. The summed E-state index contributed by atoms with van der Waals surface area (Å²) >= 11 is 11.0. The smallest absolute Gasteiger partial charge is 0.365 e. The van der Waals surface area contributed by atoms with Crippen LogP contribution in [0.1, 0.15) is 16.1 Å². The van der Waals surface area contributed by atoms with Crippen molar-refractivity contribution in [2.75, 3.05) is 0 Å². The number of pyridine rings is 1. The van der Waals surface area contributed by atoms with Crippen LogP contribution in [0.25, 0.3) is 0 Å².